The maximum Gasteiger partial charge on any atom is 0.473 e. The number of hydrogen-bond donors (Lipinski definition) is 2. The zero-order valence-corrected chi connectivity index (χ0v) is 16.2. The molecule has 12 nitrogen and oxygen atoms in total. The molecule has 0 unspecified atom stereocenters. The van der Waals surface area contributed by atoms with Crippen molar-refractivity contribution in [3.05, 3.63) is 52.3 Å². The molecular formula is C18H20N6O6. The number of nitrogens with two attached hydrogens (primary N) is 1. The van der Waals surface area contributed by atoms with Crippen LogP contribution in [0.2, 0.25) is 0 Å². The zero-order chi connectivity index (χ0) is 21.8. The summed E-state index contributed by atoms with van der Waals surface area (Å²) in [6.07, 6.45) is -1.34. The third-order valence-corrected chi connectivity index (χ3v) is 4.31. The van der Waals surface area contributed by atoms with E-state index in [0.29, 0.717) is 5.56 Å². The van der Waals surface area contributed by atoms with Gasteiger partial charge in [-0.3, -0.25) is 4.57 Å². The van der Waals surface area contributed by atoms with Crippen LogP contribution < -0.4 is 5.73 Å². The van der Waals surface area contributed by atoms with Crippen LogP contribution in [0.1, 0.15) is 24.2 Å². The number of aromatic nitrogens is 4. The molecule has 0 saturated carbocycles. The lowest BCUT2D eigenvalue weighted by Crippen LogP contribution is -2.40. The van der Waals surface area contributed by atoms with Crippen molar-refractivity contribution >= 4 is 28.9 Å². The number of nitrogens with zero attached hydrogens (tertiary/aromatic N) is 5. The molecule has 2 heterocycles. The van der Waals surface area contributed by atoms with Crippen LogP contribution in [0.3, 0.4) is 0 Å². The van der Waals surface area contributed by atoms with Gasteiger partial charge < -0.3 is 30.4 Å². The first-order valence-corrected chi connectivity index (χ1v) is 8.96. The number of esters is 1. The molecule has 0 radical (unpaired) electrons. The molecule has 0 aliphatic heterocycles. The van der Waals surface area contributed by atoms with Crippen molar-refractivity contribution in [3.8, 4) is 0 Å². The first kappa shape index (κ1) is 21.1. The van der Waals surface area contributed by atoms with E-state index in [-0.39, 0.29) is 23.7 Å². The van der Waals surface area contributed by atoms with Gasteiger partial charge in [0, 0.05) is 0 Å². The SMILES string of the molecule is C[C@H](O)[C@H](OC(=O)c1ccccc1)[C@@H](C)OCn1cnc2c(N)nc([N+](=O)[O-])nc21. The summed E-state index contributed by atoms with van der Waals surface area (Å²) in [6, 6.07) is 8.36. The lowest BCUT2D eigenvalue weighted by molar-refractivity contribution is -0.394. The number of hydrogen-bond acceptors (Lipinski definition) is 10. The quantitative estimate of drug-likeness (QED) is 0.310. The molecule has 3 aromatic rings. The van der Waals surface area contributed by atoms with Gasteiger partial charge in [0.1, 0.15) is 13.1 Å². The van der Waals surface area contributed by atoms with Gasteiger partial charge in [0.05, 0.1) is 17.8 Å². The monoisotopic (exact) mass is 416 g/mol. The highest BCUT2D eigenvalue weighted by atomic mass is 16.6. The second-order valence-corrected chi connectivity index (χ2v) is 6.53. The number of aliphatic hydroxyl groups excluding tert-OH is 1. The van der Waals surface area contributed by atoms with E-state index < -0.39 is 35.2 Å². The second kappa shape index (κ2) is 8.80. The van der Waals surface area contributed by atoms with Crippen LogP contribution in [0.25, 0.3) is 11.2 Å². The molecular weight excluding hydrogens is 396 g/mol. The number of nitrogen functional groups attached to an aromatic ring is 1. The number of rotatable bonds is 8. The highest BCUT2D eigenvalue weighted by molar-refractivity contribution is 5.89. The van der Waals surface area contributed by atoms with E-state index in [9.17, 15) is 20.0 Å². The van der Waals surface area contributed by atoms with Crippen molar-refractivity contribution < 1.29 is 24.3 Å². The average molecular weight is 416 g/mol. The van der Waals surface area contributed by atoms with Gasteiger partial charge >= 0.3 is 11.9 Å². The average Bonchev–Trinajstić information content (AvgIpc) is 3.14. The summed E-state index contributed by atoms with van der Waals surface area (Å²) in [5.74, 6) is -1.38. The van der Waals surface area contributed by atoms with Crippen LogP contribution in [0.4, 0.5) is 11.8 Å². The second-order valence-electron chi connectivity index (χ2n) is 6.53. The molecule has 12 heteroatoms. The standard InChI is InChI=1S/C18H20N6O6/c1-10(25)14(30-17(26)12-6-4-3-5-7-12)11(2)29-9-23-8-20-13-15(19)21-18(24(27)28)22-16(13)23/h3-8,10-11,14,25H,9H2,1-2H3,(H2,19,21,22)/t10-,11+,14-/m0/s1. The Morgan fingerprint density at radius 1 is 1.30 bits per heavy atom. The van der Waals surface area contributed by atoms with Gasteiger partial charge in [-0.2, -0.15) is 0 Å². The topological polar surface area (TPSA) is 169 Å². The zero-order valence-electron chi connectivity index (χ0n) is 16.2. The van der Waals surface area contributed by atoms with Crippen LogP contribution >= 0.6 is 0 Å². The number of ether oxygens (including phenoxy) is 2. The van der Waals surface area contributed by atoms with Crippen LogP contribution in [0.15, 0.2) is 36.7 Å². The minimum absolute atomic E-state index is 0.122. The fourth-order valence-corrected chi connectivity index (χ4v) is 2.78. The number of imidazole rings is 1. The maximum atomic E-state index is 12.3. The van der Waals surface area contributed by atoms with E-state index in [0.717, 1.165) is 0 Å². The van der Waals surface area contributed by atoms with Crippen molar-refractivity contribution in [1.82, 2.24) is 19.5 Å². The molecule has 0 aliphatic rings. The van der Waals surface area contributed by atoms with Gasteiger partial charge in [-0.25, -0.2) is 9.78 Å². The number of carbonyl (C=O) groups excluding carboxylic acids is 1. The molecule has 0 aliphatic carbocycles. The largest absolute Gasteiger partial charge is 0.473 e. The number of carbonyl (C=O) groups is 1. The molecule has 3 atom stereocenters. The van der Waals surface area contributed by atoms with Crippen molar-refractivity contribution in [2.24, 2.45) is 0 Å². The minimum Gasteiger partial charge on any atom is -0.453 e. The highest BCUT2D eigenvalue weighted by Crippen LogP contribution is 2.20. The number of nitro groups is 1. The van der Waals surface area contributed by atoms with Gasteiger partial charge in [0.25, 0.3) is 0 Å². The highest BCUT2D eigenvalue weighted by Gasteiger charge is 2.28. The summed E-state index contributed by atoms with van der Waals surface area (Å²) < 4.78 is 12.5. The summed E-state index contributed by atoms with van der Waals surface area (Å²) in [4.78, 5) is 34.0. The van der Waals surface area contributed by atoms with E-state index in [4.69, 9.17) is 15.2 Å². The van der Waals surface area contributed by atoms with Gasteiger partial charge in [0.2, 0.25) is 11.5 Å². The van der Waals surface area contributed by atoms with Crippen molar-refractivity contribution in [2.45, 2.75) is 38.9 Å². The Balaban J connectivity index is 1.73. The molecule has 3 N–H and O–H groups in total. The van der Waals surface area contributed by atoms with E-state index in [1.54, 1.807) is 37.3 Å². The van der Waals surface area contributed by atoms with Crippen LogP contribution in [-0.4, -0.2) is 53.8 Å². The van der Waals surface area contributed by atoms with E-state index >= 15 is 0 Å². The molecule has 0 spiro atoms. The summed E-state index contributed by atoms with van der Waals surface area (Å²) in [5.41, 5.74) is 6.36. The smallest absolute Gasteiger partial charge is 0.453 e. The Kier molecular flexibility index (Phi) is 6.18. The van der Waals surface area contributed by atoms with Gasteiger partial charge in [-0.15, -0.1) is 0 Å². The Bertz CT molecular complexity index is 1050. The Morgan fingerprint density at radius 2 is 2.00 bits per heavy atom. The Labute approximate surface area is 170 Å². The first-order valence-electron chi connectivity index (χ1n) is 8.96. The molecule has 30 heavy (non-hydrogen) atoms. The fraction of sp³-hybridized carbons (Fsp3) is 0.333. The molecule has 1 aromatic carbocycles. The van der Waals surface area contributed by atoms with Crippen LogP contribution in [-0.2, 0) is 16.2 Å². The Morgan fingerprint density at radius 3 is 2.63 bits per heavy atom. The van der Waals surface area contributed by atoms with Crippen molar-refractivity contribution in [2.75, 3.05) is 5.73 Å². The van der Waals surface area contributed by atoms with E-state index in [1.165, 1.54) is 17.8 Å². The lowest BCUT2D eigenvalue weighted by atomic mass is 10.1. The summed E-state index contributed by atoms with van der Waals surface area (Å²) in [6.45, 7) is 2.98. The molecule has 0 amide bonds. The third kappa shape index (κ3) is 4.50. The van der Waals surface area contributed by atoms with E-state index in [1.807, 2.05) is 0 Å². The lowest BCUT2D eigenvalue weighted by Gasteiger charge is -2.26. The number of anilines is 1. The Hall–Kier alpha value is -3.64. The maximum absolute atomic E-state index is 12.3. The van der Waals surface area contributed by atoms with Gasteiger partial charge in [0.15, 0.2) is 11.6 Å². The summed E-state index contributed by atoms with van der Waals surface area (Å²) in [7, 11) is 0. The molecule has 0 fully saturated rings. The van der Waals surface area contributed by atoms with Crippen molar-refractivity contribution in [1.29, 1.82) is 0 Å². The molecule has 3 rings (SSSR count). The van der Waals surface area contributed by atoms with Crippen LogP contribution in [0, 0.1) is 10.1 Å². The molecule has 0 saturated heterocycles. The predicted molar refractivity (Wildman–Crippen MR) is 104 cm³/mol. The number of benzene rings is 1. The first-order chi connectivity index (χ1) is 14.3. The summed E-state index contributed by atoms with van der Waals surface area (Å²) >= 11 is 0. The molecule has 158 valence electrons. The molecule has 2 aromatic heterocycles. The van der Waals surface area contributed by atoms with E-state index in [2.05, 4.69) is 15.0 Å². The summed E-state index contributed by atoms with van der Waals surface area (Å²) in [5, 5.41) is 21.0. The third-order valence-electron chi connectivity index (χ3n) is 4.31. The van der Waals surface area contributed by atoms with Gasteiger partial charge in [-0.1, -0.05) is 18.2 Å². The normalized spacial score (nSPS) is 14.2. The van der Waals surface area contributed by atoms with Crippen molar-refractivity contribution in [3.63, 3.8) is 0 Å². The van der Waals surface area contributed by atoms with Crippen LogP contribution in [0.5, 0.6) is 0 Å². The predicted octanol–water partition coefficient (Wildman–Crippen LogP) is 1.29. The molecule has 0 bridgehead atoms. The van der Waals surface area contributed by atoms with Gasteiger partial charge in [-0.05, 0) is 40.9 Å². The number of aliphatic hydroxyl groups is 1. The number of fused-ring (bicyclic) bond motifs is 1. The minimum atomic E-state index is -1.01. The fourth-order valence-electron chi connectivity index (χ4n) is 2.78.